The van der Waals surface area contributed by atoms with E-state index < -0.39 is 0 Å². The lowest BCUT2D eigenvalue weighted by Gasteiger charge is -1.99. The van der Waals surface area contributed by atoms with Gasteiger partial charge in [-0.15, -0.1) is 11.3 Å². The molecular weight excluding hydrogens is 330 g/mol. The van der Waals surface area contributed by atoms with Crippen LogP contribution < -0.4 is 0 Å². The van der Waals surface area contributed by atoms with Crippen molar-refractivity contribution in [3.63, 3.8) is 0 Å². The summed E-state index contributed by atoms with van der Waals surface area (Å²) in [5.41, 5.74) is 4.83. The largest absolute Gasteiger partial charge is 0.241 e. The number of hydrogen-bond acceptors (Lipinski definition) is 2. The summed E-state index contributed by atoms with van der Waals surface area (Å²) in [7, 11) is 0. The predicted molar refractivity (Wildman–Crippen MR) is 89.2 cm³/mol. The fourth-order valence-electron chi connectivity index (χ4n) is 2.03. The third kappa shape index (κ3) is 3.17. The molecule has 0 aliphatic rings. The lowest BCUT2D eigenvalue weighted by Crippen LogP contribution is -1.87. The van der Waals surface area contributed by atoms with Gasteiger partial charge in [0, 0.05) is 21.8 Å². The molecular formula is C17H14BrNS. The van der Waals surface area contributed by atoms with Gasteiger partial charge in [0.05, 0.1) is 10.7 Å². The molecule has 20 heavy (non-hydrogen) atoms. The molecule has 3 aromatic rings. The first-order valence-corrected chi connectivity index (χ1v) is 8.14. The van der Waals surface area contributed by atoms with Crippen molar-refractivity contribution in [3.05, 3.63) is 74.5 Å². The second kappa shape index (κ2) is 5.90. The number of nitrogens with zero attached hydrogens (tertiary/aromatic N) is 1. The summed E-state index contributed by atoms with van der Waals surface area (Å²) in [5.74, 6) is 0. The molecule has 0 saturated carbocycles. The highest BCUT2D eigenvalue weighted by Crippen LogP contribution is 2.24. The molecule has 0 radical (unpaired) electrons. The molecule has 100 valence electrons. The number of aryl methyl sites for hydroxylation is 1. The van der Waals surface area contributed by atoms with Crippen LogP contribution in [0.3, 0.4) is 0 Å². The van der Waals surface area contributed by atoms with Crippen molar-refractivity contribution >= 4 is 27.3 Å². The molecule has 0 amide bonds. The molecule has 0 N–H and O–H groups in total. The molecule has 3 rings (SSSR count). The topological polar surface area (TPSA) is 12.9 Å². The molecule has 0 aliphatic heterocycles. The molecule has 3 heteroatoms. The first-order chi connectivity index (χ1) is 9.70. The van der Waals surface area contributed by atoms with Crippen LogP contribution in [0.15, 0.2) is 58.4 Å². The molecule has 2 aromatic carbocycles. The van der Waals surface area contributed by atoms with E-state index in [-0.39, 0.29) is 0 Å². The Morgan fingerprint density at radius 2 is 1.70 bits per heavy atom. The normalized spacial score (nSPS) is 10.7. The third-order valence-corrected chi connectivity index (χ3v) is 4.55. The SMILES string of the molecule is Cc1ccc(-c2csc(Cc3ccc(Br)cc3)n2)cc1. The Morgan fingerprint density at radius 3 is 2.40 bits per heavy atom. The number of thiazole rings is 1. The Bertz CT molecular complexity index is 699. The Hall–Kier alpha value is -1.45. The molecule has 0 fully saturated rings. The van der Waals surface area contributed by atoms with E-state index in [4.69, 9.17) is 4.98 Å². The van der Waals surface area contributed by atoms with Gasteiger partial charge in [0.2, 0.25) is 0 Å². The first-order valence-electron chi connectivity index (χ1n) is 6.46. The molecule has 1 aromatic heterocycles. The maximum Gasteiger partial charge on any atom is 0.0976 e. The summed E-state index contributed by atoms with van der Waals surface area (Å²) >= 11 is 5.18. The van der Waals surface area contributed by atoms with Crippen LogP contribution in [0.25, 0.3) is 11.3 Å². The van der Waals surface area contributed by atoms with Gasteiger partial charge in [-0.3, -0.25) is 0 Å². The van der Waals surface area contributed by atoms with Gasteiger partial charge in [-0.05, 0) is 24.6 Å². The van der Waals surface area contributed by atoms with Crippen LogP contribution in [0.2, 0.25) is 0 Å². The second-order valence-electron chi connectivity index (χ2n) is 4.80. The molecule has 0 spiro atoms. The summed E-state index contributed by atoms with van der Waals surface area (Å²) in [4.78, 5) is 4.73. The van der Waals surface area contributed by atoms with Gasteiger partial charge in [-0.1, -0.05) is 57.9 Å². The average molecular weight is 344 g/mol. The zero-order chi connectivity index (χ0) is 13.9. The lowest BCUT2D eigenvalue weighted by molar-refractivity contribution is 1.14. The minimum atomic E-state index is 0.893. The fourth-order valence-corrected chi connectivity index (χ4v) is 3.13. The number of hydrogen-bond donors (Lipinski definition) is 0. The van der Waals surface area contributed by atoms with Crippen molar-refractivity contribution in [1.82, 2.24) is 4.98 Å². The van der Waals surface area contributed by atoms with Gasteiger partial charge in [0.25, 0.3) is 0 Å². The first kappa shape index (κ1) is 13.5. The van der Waals surface area contributed by atoms with E-state index in [0.29, 0.717) is 0 Å². The van der Waals surface area contributed by atoms with Gasteiger partial charge in [0.1, 0.15) is 0 Å². The number of halogens is 1. The van der Waals surface area contributed by atoms with Gasteiger partial charge in [0.15, 0.2) is 0 Å². The average Bonchev–Trinajstić information content (AvgIpc) is 2.91. The summed E-state index contributed by atoms with van der Waals surface area (Å²) in [6.45, 7) is 2.10. The maximum absolute atomic E-state index is 4.73. The summed E-state index contributed by atoms with van der Waals surface area (Å²) in [6, 6.07) is 16.9. The summed E-state index contributed by atoms with van der Waals surface area (Å²) in [5, 5.41) is 3.29. The molecule has 0 aliphatic carbocycles. The molecule has 1 nitrogen and oxygen atoms in total. The second-order valence-corrected chi connectivity index (χ2v) is 6.65. The van der Waals surface area contributed by atoms with Crippen molar-refractivity contribution < 1.29 is 0 Å². The maximum atomic E-state index is 4.73. The van der Waals surface area contributed by atoms with Gasteiger partial charge in [-0.25, -0.2) is 4.98 Å². The van der Waals surface area contributed by atoms with E-state index in [2.05, 4.69) is 76.8 Å². The van der Waals surface area contributed by atoms with Crippen molar-refractivity contribution in [1.29, 1.82) is 0 Å². The number of rotatable bonds is 3. The van der Waals surface area contributed by atoms with Crippen molar-refractivity contribution in [2.45, 2.75) is 13.3 Å². The van der Waals surface area contributed by atoms with Crippen LogP contribution in [0.1, 0.15) is 16.1 Å². The van der Waals surface area contributed by atoms with Crippen LogP contribution in [0.4, 0.5) is 0 Å². The number of benzene rings is 2. The fraction of sp³-hybridized carbons (Fsp3) is 0.118. The van der Waals surface area contributed by atoms with Gasteiger partial charge in [-0.2, -0.15) is 0 Å². The molecule has 0 atom stereocenters. The van der Waals surface area contributed by atoms with Crippen LogP contribution in [-0.4, -0.2) is 4.98 Å². The zero-order valence-corrected chi connectivity index (χ0v) is 13.5. The van der Waals surface area contributed by atoms with E-state index in [1.54, 1.807) is 11.3 Å². The van der Waals surface area contributed by atoms with Crippen LogP contribution in [0.5, 0.6) is 0 Å². The van der Waals surface area contributed by atoms with E-state index in [1.165, 1.54) is 16.7 Å². The van der Waals surface area contributed by atoms with Gasteiger partial charge >= 0.3 is 0 Å². The molecule has 0 unspecified atom stereocenters. The van der Waals surface area contributed by atoms with E-state index in [1.807, 2.05) is 0 Å². The Kier molecular flexibility index (Phi) is 3.99. The highest BCUT2D eigenvalue weighted by Gasteiger charge is 2.05. The van der Waals surface area contributed by atoms with Crippen LogP contribution in [0, 0.1) is 6.92 Å². The molecule has 1 heterocycles. The summed E-state index contributed by atoms with van der Waals surface area (Å²) in [6.07, 6.45) is 0.893. The quantitative estimate of drug-likeness (QED) is 0.614. The minimum Gasteiger partial charge on any atom is -0.241 e. The van der Waals surface area contributed by atoms with Gasteiger partial charge < -0.3 is 0 Å². The standard InChI is InChI=1S/C17H14BrNS/c1-12-2-6-14(7-3-12)16-11-20-17(19-16)10-13-4-8-15(18)9-5-13/h2-9,11H,10H2,1H3. The van der Waals surface area contributed by atoms with Crippen molar-refractivity contribution in [2.24, 2.45) is 0 Å². The minimum absolute atomic E-state index is 0.893. The molecule has 0 bridgehead atoms. The van der Waals surface area contributed by atoms with E-state index in [0.717, 1.165) is 21.6 Å². The van der Waals surface area contributed by atoms with Crippen LogP contribution in [-0.2, 0) is 6.42 Å². The smallest absolute Gasteiger partial charge is 0.0976 e. The Morgan fingerprint density at radius 1 is 1.00 bits per heavy atom. The van der Waals surface area contributed by atoms with Crippen molar-refractivity contribution in [2.75, 3.05) is 0 Å². The monoisotopic (exact) mass is 343 g/mol. The summed E-state index contributed by atoms with van der Waals surface area (Å²) < 4.78 is 1.11. The zero-order valence-electron chi connectivity index (χ0n) is 11.1. The molecule has 0 saturated heterocycles. The van der Waals surface area contributed by atoms with Crippen molar-refractivity contribution in [3.8, 4) is 11.3 Å². The highest BCUT2D eigenvalue weighted by atomic mass is 79.9. The third-order valence-electron chi connectivity index (χ3n) is 3.17. The predicted octanol–water partition coefficient (Wildman–Crippen LogP) is 5.47. The lowest BCUT2D eigenvalue weighted by atomic mass is 10.1. The van der Waals surface area contributed by atoms with E-state index in [9.17, 15) is 0 Å². The highest BCUT2D eigenvalue weighted by molar-refractivity contribution is 9.10. The Labute approximate surface area is 131 Å². The number of aromatic nitrogens is 1. The Balaban J connectivity index is 1.80. The van der Waals surface area contributed by atoms with Crippen LogP contribution >= 0.6 is 27.3 Å². The van der Waals surface area contributed by atoms with E-state index >= 15 is 0 Å².